The lowest BCUT2D eigenvalue weighted by molar-refractivity contribution is -0.199. The van der Waals surface area contributed by atoms with Crippen molar-refractivity contribution in [1.82, 2.24) is 5.32 Å². The molecule has 2 bridgehead atoms. The van der Waals surface area contributed by atoms with Crippen LogP contribution >= 0.6 is 0 Å². The summed E-state index contributed by atoms with van der Waals surface area (Å²) in [6.45, 7) is 7.39. The van der Waals surface area contributed by atoms with Crippen molar-refractivity contribution in [2.24, 2.45) is 17.3 Å². The number of ether oxygens (including phenoxy) is 4. The largest absolute Gasteiger partial charge is 0.511 e. The fourth-order valence-corrected chi connectivity index (χ4v) is 6.57. The van der Waals surface area contributed by atoms with Gasteiger partial charge in [-0.1, -0.05) is 26.0 Å². The monoisotopic (exact) mass is 599 g/mol. The van der Waals surface area contributed by atoms with Crippen molar-refractivity contribution in [2.75, 3.05) is 20.5 Å². The molecule has 1 aliphatic heterocycles. The van der Waals surface area contributed by atoms with Crippen molar-refractivity contribution in [3.8, 4) is 5.75 Å². The van der Waals surface area contributed by atoms with Gasteiger partial charge in [0.15, 0.2) is 0 Å². The lowest BCUT2D eigenvalue weighted by atomic mass is 9.43. The number of carbonyl (C=O) groups is 3. The fourth-order valence-electron chi connectivity index (χ4n) is 6.57. The molecule has 42 heavy (non-hydrogen) atoms. The molecule has 4 fully saturated rings. The first-order valence-corrected chi connectivity index (χ1v) is 14.0. The average Bonchev–Trinajstić information content (AvgIpc) is 3.28. The highest BCUT2D eigenvalue weighted by Crippen LogP contribution is 2.65. The van der Waals surface area contributed by atoms with Crippen LogP contribution in [0.25, 0.3) is 0 Å². The number of halogens is 3. The van der Waals surface area contributed by atoms with E-state index in [1.54, 1.807) is 19.1 Å². The Balaban J connectivity index is 1.54. The van der Waals surface area contributed by atoms with Crippen molar-refractivity contribution in [2.45, 2.75) is 83.6 Å². The Hall–Kier alpha value is -3.00. The molecular formula is C28H37BF3NO9. The molecule has 5 atom stereocenters. The van der Waals surface area contributed by atoms with Gasteiger partial charge in [0.25, 0.3) is 0 Å². The lowest BCUT2D eigenvalue weighted by Gasteiger charge is -2.64. The van der Waals surface area contributed by atoms with E-state index >= 15 is 0 Å². The van der Waals surface area contributed by atoms with Gasteiger partial charge >= 0.3 is 25.4 Å². The van der Waals surface area contributed by atoms with Gasteiger partial charge in [-0.3, -0.25) is 4.79 Å². The number of nitrogens with one attached hydrogen (secondary N) is 1. The fraction of sp³-hybridized carbons (Fsp3) is 0.679. The number of amides is 1. The molecule has 4 aliphatic rings. The van der Waals surface area contributed by atoms with Gasteiger partial charge in [-0.15, -0.1) is 0 Å². The first-order valence-electron chi connectivity index (χ1n) is 14.0. The lowest BCUT2D eigenvalue weighted by Crippen LogP contribution is -2.65. The molecule has 0 spiro atoms. The first kappa shape index (κ1) is 31.9. The van der Waals surface area contributed by atoms with Gasteiger partial charge in [0.05, 0.1) is 37.8 Å². The molecule has 1 heterocycles. The van der Waals surface area contributed by atoms with Gasteiger partial charge in [0.1, 0.15) is 11.3 Å². The van der Waals surface area contributed by atoms with E-state index in [4.69, 9.17) is 18.8 Å². The van der Waals surface area contributed by atoms with Gasteiger partial charge < -0.3 is 33.6 Å². The summed E-state index contributed by atoms with van der Waals surface area (Å²) in [6.07, 6.45) is -5.94. The predicted octanol–water partition coefficient (Wildman–Crippen LogP) is 4.62. The Labute approximate surface area is 243 Å². The summed E-state index contributed by atoms with van der Waals surface area (Å²) < 4.78 is 71.2. The molecule has 1 saturated heterocycles. The Morgan fingerprint density at radius 3 is 2.52 bits per heavy atom. The summed E-state index contributed by atoms with van der Waals surface area (Å²) in [4.78, 5) is 36.8. The van der Waals surface area contributed by atoms with Crippen LogP contribution in [0.4, 0.5) is 18.0 Å². The van der Waals surface area contributed by atoms with Crippen LogP contribution in [-0.2, 0) is 34.7 Å². The molecule has 5 rings (SSSR count). The highest BCUT2D eigenvalue weighted by atomic mass is 19.4. The van der Waals surface area contributed by atoms with Crippen LogP contribution < -0.4 is 10.1 Å². The quantitative estimate of drug-likeness (QED) is 0.221. The van der Waals surface area contributed by atoms with E-state index in [-0.39, 0.29) is 41.8 Å². The van der Waals surface area contributed by atoms with Gasteiger partial charge in [-0.2, -0.15) is 13.2 Å². The van der Waals surface area contributed by atoms with Crippen LogP contribution in [0.15, 0.2) is 18.2 Å². The normalized spacial score (nSPS) is 26.4. The Morgan fingerprint density at radius 1 is 1.14 bits per heavy atom. The maximum atomic E-state index is 12.8. The molecule has 0 radical (unpaired) electrons. The molecule has 1 aromatic rings. The van der Waals surface area contributed by atoms with Crippen LogP contribution in [0.3, 0.4) is 0 Å². The summed E-state index contributed by atoms with van der Waals surface area (Å²) in [7, 11) is 0.401. The zero-order valence-corrected chi connectivity index (χ0v) is 24.4. The van der Waals surface area contributed by atoms with E-state index in [9.17, 15) is 27.6 Å². The molecule has 10 nitrogen and oxygen atoms in total. The zero-order chi connectivity index (χ0) is 30.9. The summed E-state index contributed by atoms with van der Waals surface area (Å²) in [5, 5.41) is 2.68. The molecule has 232 valence electrons. The number of para-hydroxylation sites is 1. The Kier molecular flexibility index (Phi) is 9.36. The number of hydrogen-bond acceptors (Lipinski definition) is 9. The summed E-state index contributed by atoms with van der Waals surface area (Å²) >= 11 is 0. The third kappa shape index (κ3) is 6.64. The van der Waals surface area contributed by atoms with Gasteiger partial charge in [0, 0.05) is 6.42 Å². The number of benzene rings is 1. The summed E-state index contributed by atoms with van der Waals surface area (Å²) in [6, 6.07) is 4.67. The Bertz CT molecular complexity index is 1180. The molecule has 0 aromatic heterocycles. The van der Waals surface area contributed by atoms with E-state index in [0.717, 1.165) is 12.8 Å². The second-order valence-electron chi connectivity index (χ2n) is 11.7. The minimum Gasteiger partial charge on any atom is -0.496 e. The molecular weight excluding hydrogens is 562 g/mol. The SMILES string of the molecule is CCOC(=O)OCOC(=O)c1cccc(CC(NC(=O)CCC(F)(F)F)B2OC3CC4CC(C4(C)C)C3(C)O2)c1OC. The Morgan fingerprint density at radius 2 is 1.88 bits per heavy atom. The molecule has 3 saturated carbocycles. The molecule has 14 heteroatoms. The third-order valence-corrected chi connectivity index (χ3v) is 8.87. The number of hydrogen-bond donors (Lipinski definition) is 1. The van der Waals surface area contributed by atoms with E-state index in [2.05, 4.69) is 28.6 Å². The van der Waals surface area contributed by atoms with Gasteiger partial charge in [-0.05, 0) is 62.0 Å². The zero-order valence-electron chi connectivity index (χ0n) is 24.4. The highest BCUT2D eigenvalue weighted by Gasteiger charge is 2.68. The van der Waals surface area contributed by atoms with E-state index < -0.39 is 62.5 Å². The third-order valence-electron chi connectivity index (χ3n) is 8.87. The van der Waals surface area contributed by atoms with Crippen LogP contribution in [0.2, 0.25) is 0 Å². The topological polar surface area (TPSA) is 119 Å². The van der Waals surface area contributed by atoms with Crippen molar-refractivity contribution < 1.29 is 55.8 Å². The van der Waals surface area contributed by atoms with Crippen LogP contribution in [-0.4, -0.2) is 69.5 Å². The maximum Gasteiger partial charge on any atom is 0.511 e. The number of carbonyl (C=O) groups excluding carboxylic acids is 3. The number of rotatable bonds is 11. The van der Waals surface area contributed by atoms with Crippen molar-refractivity contribution in [3.63, 3.8) is 0 Å². The van der Waals surface area contributed by atoms with Crippen LogP contribution in [0.1, 0.15) is 69.3 Å². The number of esters is 1. The maximum absolute atomic E-state index is 12.8. The first-order chi connectivity index (χ1) is 19.7. The van der Waals surface area contributed by atoms with Crippen LogP contribution in [0, 0.1) is 17.3 Å². The van der Waals surface area contributed by atoms with Gasteiger partial charge in [-0.25, -0.2) is 9.59 Å². The molecule has 1 N–H and O–H groups in total. The average molecular weight is 599 g/mol. The van der Waals surface area contributed by atoms with E-state index in [1.807, 2.05) is 6.92 Å². The van der Waals surface area contributed by atoms with Crippen LogP contribution in [0.5, 0.6) is 5.75 Å². The van der Waals surface area contributed by atoms with Crippen molar-refractivity contribution in [1.29, 1.82) is 0 Å². The number of alkyl halides is 3. The van der Waals surface area contributed by atoms with Crippen molar-refractivity contribution in [3.05, 3.63) is 29.3 Å². The van der Waals surface area contributed by atoms with E-state index in [1.165, 1.54) is 13.2 Å². The number of methoxy groups -OCH3 is 1. The second-order valence-corrected chi connectivity index (χ2v) is 11.7. The van der Waals surface area contributed by atoms with Crippen molar-refractivity contribution >= 4 is 25.2 Å². The minimum absolute atomic E-state index is 0.0149. The standard InChI is InChI=1S/C28H37BF3NO9/c1-6-38-25(36)40-15-39-24(35)18-9-7-8-16(23(18)37-5)12-21(33-22(34)10-11-28(30,31)32)29-41-20-14-17-13-19(26(17,2)3)27(20,4)42-29/h7-9,17,19-21H,6,10-15H2,1-5H3,(H,33,34). The minimum atomic E-state index is -4.49. The molecule has 1 aromatic carbocycles. The predicted molar refractivity (Wildman–Crippen MR) is 142 cm³/mol. The molecule has 5 unspecified atom stereocenters. The smallest absolute Gasteiger partial charge is 0.496 e. The van der Waals surface area contributed by atoms with Gasteiger partial charge in [0.2, 0.25) is 12.7 Å². The summed E-state index contributed by atoms with van der Waals surface area (Å²) in [5.74, 6) is -1.72. The van der Waals surface area contributed by atoms with E-state index in [0.29, 0.717) is 11.5 Å². The molecule has 1 amide bonds. The molecule has 3 aliphatic carbocycles. The highest BCUT2D eigenvalue weighted by molar-refractivity contribution is 6.48. The second kappa shape index (κ2) is 12.3. The summed E-state index contributed by atoms with van der Waals surface area (Å²) in [5.41, 5.74) is -0.0894.